The van der Waals surface area contributed by atoms with Crippen LogP contribution < -0.4 is 11.1 Å². The molecule has 3 N–H and O–H groups in total. The number of nitrogens with one attached hydrogen (secondary N) is 1. The molecule has 0 spiro atoms. The summed E-state index contributed by atoms with van der Waals surface area (Å²) >= 11 is 0. The smallest absolute Gasteiger partial charge is 0.369 e. The van der Waals surface area contributed by atoms with Crippen molar-refractivity contribution in [2.45, 2.75) is 19.5 Å². The Kier molecular flexibility index (Phi) is 4.88. The van der Waals surface area contributed by atoms with Crippen LogP contribution in [0.3, 0.4) is 0 Å². The molecule has 0 fully saturated rings. The predicted molar refractivity (Wildman–Crippen MR) is 82.1 cm³/mol. The van der Waals surface area contributed by atoms with Crippen LogP contribution in [0.5, 0.6) is 0 Å². The van der Waals surface area contributed by atoms with Crippen molar-refractivity contribution in [2.75, 3.05) is 5.32 Å². The van der Waals surface area contributed by atoms with Gasteiger partial charge in [0.15, 0.2) is 5.96 Å². The first kappa shape index (κ1) is 16.8. The number of hydrogen-bond donors (Lipinski definition) is 2. The number of guanidine groups is 1. The summed E-state index contributed by atoms with van der Waals surface area (Å²) in [6.45, 7) is 1.98. The van der Waals surface area contributed by atoms with Gasteiger partial charge in [-0.05, 0) is 42.3 Å². The summed E-state index contributed by atoms with van der Waals surface area (Å²) in [5, 5.41) is 2.73. The highest BCUT2D eigenvalue weighted by atomic mass is 19.4. The van der Waals surface area contributed by atoms with E-state index in [4.69, 9.17) is 5.73 Å². The Morgan fingerprint density at radius 2 is 1.91 bits per heavy atom. The van der Waals surface area contributed by atoms with Crippen LogP contribution in [0, 0.1) is 5.82 Å². The Morgan fingerprint density at radius 3 is 2.57 bits per heavy atom. The first-order chi connectivity index (χ1) is 10.8. The molecule has 0 heterocycles. The quantitative estimate of drug-likeness (QED) is 0.497. The number of benzene rings is 2. The topological polar surface area (TPSA) is 50.4 Å². The van der Waals surface area contributed by atoms with E-state index in [2.05, 4.69) is 10.3 Å². The fraction of sp³-hybridized carbons (Fsp3) is 0.188. The minimum absolute atomic E-state index is 0.198. The lowest BCUT2D eigenvalue weighted by Gasteiger charge is -2.09. The van der Waals surface area contributed by atoms with Crippen molar-refractivity contribution in [2.24, 2.45) is 10.7 Å². The molecule has 0 unspecified atom stereocenters. The van der Waals surface area contributed by atoms with E-state index < -0.39 is 23.2 Å². The van der Waals surface area contributed by atoms with Gasteiger partial charge in [-0.3, -0.25) is 0 Å². The number of aryl methyl sites for hydroxylation is 1. The van der Waals surface area contributed by atoms with Gasteiger partial charge in [0.25, 0.3) is 0 Å². The van der Waals surface area contributed by atoms with Gasteiger partial charge >= 0.3 is 6.18 Å². The molecule has 0 amide bonds. The Hall–Kier alpha value is -2.57. The molecule has 3 nitrogen and oxygen atoms in total. The highest BCUT2D eigenvalue weighted by Crippen LogP contribution is 2.32. The summed E-state index contributed by atoms with van der Waals surface area (Å²) in [4.78, 5) is 3.69. The van der Waals surface area contributed by atoms with E-state index in [9.17, 15) is 17.6 Å². The summed E-state index contributed by atoms with van der Waals surface area (Å²) in [6.07, 6.45) is -3.76. The van der Waals surface area contributed by atoms with E-state index >= 15 is 0 Å². The number of rotatable bonds is 3. The third kappa shape index (κ3) is 4.45. The molecule has 0 aromatic heterocycles. The van der Waals surface area contributed by atoms with Crippen LogP contribution in [0.2, 0.25) is 0 Å². The Bertz CT molecular complexity index is 724. The van der Waals surface area contributed by atoms with Gasteiger partial charge in [-0.15, -0.1) is 0 Å². The SMILES string of the molecule is CCc1cccc(NC(N)=Nc2cc(C(F)(F)F)ccc2F)c1. The van der Waals surface area contributed by atoms with Crippen molar-refractivity contribution in [3.05, 3.63) is 59.4 Å². The molecule has 0 saturated carbocycles. The van der Waals surface area contributed by atoms with Crippen molar-refractivity contribution in [3.8, 4) is 0 Å². The lowest BCUT2D eigenvalue weighted by molar-refractivity contribution is -0.137. The molecule has 2 rings (SSSR count). The molecule has 0 radical (unpaired) electrons. The van der Waals surface area contributed by atoms with E-state index in [0.717, 1.165) is 12.0 Å². The van der Waals surface area contributed by atoms with Crippen molar-refractivity contribution in [1.82, 2.24) is 0 Å². The summed E-state index contributed by atoms with van der Waals surface area (Å²) < 4.78 is 51.6. The summed E-state index contributed by atoms with van der Waals surface area (Å²) in [6, 6.07) is 9.26. The van der Waals surface area contributed by atoms with Gasteiger partial charge in [-0.25, -0.2) is 9.38 Å². The normalized spacial score (nSPS) is 12.3. The van der Waals surface area contributed by atoms with Crippen LogP contribution >= 0.6 is 0 Å². The largest absolute Gasteiger partial charge is 0.416 e. The molecule has 2 aromatic carbocycles. The monoisotopic (exact) mass is 325 g/mol. The van der Waals surface area contributed by atoms with Crippen LogP contribution in [-0.4, -0.2) is 5.96 Å². The van der Waals surface area contributed by atoms with Crippen molar-refractivity contribution in [3.63, 3.8) is 0 Å². The van der Waals surface area contributed by atoms with E-state index in [1.54, 1.807) is 12.1 Å². The number of nitrogens with two attached hydrogens (primary N) is 1. The van der Waals surface area contributed by atoms with Crippen LogP contribution in [0.1, 0.15) is 18.1 Å². The van der Waals surface area contributed by atoms with Crippen molar-refractivity contribution >= 4 is 17.3 Å². The molecule has 0 aliphatic carbocycles. The number of nitrogens with zero attached hydrogens (tertiary/aromatic N) is 1. The highest BCUT2D eigenvalue weighted by molar-refractivity contribution is 5.94. The summed E-state index contributed by atoms with van der Waals surface area (Å²) in [5.74, 6) is -1.08. The molecular weight excluding hydrogens is 310 g/mol. The minimum atomic E-state index is -4.57. The van der Waals surface area contributed by atoms with Crippen molar-refractivity contribution < 1.29 is 17.6 Å². The third-order valence-electron chi connectivity index (χ3n) is 3.12. The van der Waals surface area contributed by atoms with Crippen LogP contribution in [0.15, 0.2) is 47.5 Å². The van der Waals surface area contributed by atoms with Gasteiger partial charge in [0.2, 0.25) is 0 Å². The maximum absolute atomic E-state index is 13.6. The second-order valence-electron chi connectivity index (χ2n) is 4.84. The van der Waals surface area contributed by atoms with Crippen LogP contribution in [-0.2, 0) is 12.6 Å². The van der Waals surface area contributed by atoms with Crippen molar-refractivity contribution in [1.29, 1.82) is 0 Å². The number of anilines is 1. The average Bonchev–Trinajstić information content (AvgIpc) is 2.48. The number of halogens is 4. The number of alkyl halides is 3. The third-order valence-corrected chi connectivity index (χ3v) is 3.12. The maximum Gasteiger partial charge on any atom is 0.416 e. The molecule has 122 valence electrons. The number of aliphatic imine (C=N–C) groups is 1. The van der Waals surface area contributed by atoms with Crippen LogP contribution in [0.4, 0.5) is 28.9 Å². The minimum Gasteiger partial charge on any atom is -0.369 e. The molecule has 0 aliphatic heterocycles. The Morgan fingerprint density at radius 1 is 1.17 bits per heavy atom. The second kappa shape index (κ2) is 6.68. The summed E-state index contributed by atoms with van der Waals surface area (Å²) in [7, 11) is 0. The Labute approximate surface area is 130 Å². The molecule has 7 heteroatoms. The highest BCUT2D eigenvalue weighted by Gasteiger charge is 2.31. The number of hydrogen-bond acceptors (Lipinski definition) is 1. The maximum atomic E-state index is 13.6. The average molecular weight is 325 g/mol. The van der Waals surface area contributed by atoms with Gasteiger partial charge in [0, 0.05) is 5.69 Å². The van der Waals surface area contributed by atoms with Crippen LogP contribution in [0.25, 0.3) is 0 Å². The van der Waals surface area contributed by atoms with E-state index in [0.29, 0.717) is 23.9 Å². The zero-order valence-electron chi connectivity index (χ0n) is 12.3. The standard InChI is InChI=1S/C16H15F4N3/c1-2-10-4-3-5-12(8-10)22-15(21)23-14-9-11(16(18,19)20)6-7-13(14)17/h3-9H,2H2,1H3,(H3,21,22,23). The predicted octanol–water partition coefficient (Wildman–Crippen LogP) is 4.47. The molecule has 0 aliphatic rings. The van der Waals surface area contributed by atoms with E-state index in [1.165, 1.54) is 0 Å². The first-order valence-electron chi connectivity index (χ1n) is 6.86. The summed E-state index contributed by atoms with van der Waals surface area (Å²) in [5.41, 5.74) is 5.86. The van der Waals surface area contributed by atoms with E-state index in [-0.39, 0.29) is 5.96 Å². The molecule has 23 heavy (non-hydrogen) atoms. The Balaban J connectivity index is 2.26. The zero-order valence-corrected chi connectivity index (χ0v) is 12.3. The van der Waals surface area contributed by atoms with Gasteiger partial charge in [-0.1, -0.05) is 19.1 Å². The lowest BCUT2D eigenvalue weighted by atomic mass is 10.1. The fourth-order valence-corrected chi connectivity index (χ4v) is 1.95. The molecule has 0 atom stereocenters. The second-order valence-corrected chi connectivity index (χ2v) is 4.84. The van der Waals surface area contributed by atoms with Gasteiger partial charge in [0.1, 0.15) is 11.5 Å². The molecule has 0 saturated heterocycles. The molecular formula is C16H15F4N3. The van der Waals surface area contributed by atoms with Gasteiger partial charge in [-0.2, -0.15) is 13.2 Å². The molecule has 2 aromatic rings. The van der Waals surface area contributed by atoms with Gasteiger partial charge in [0.05, 0.1) is 5.56 Å². The van der Waals surface area contributed by atoms with E-state index in [1.807, 2.05) is 19.1 Å². The zero-order chi connectivity index (χ0) is 17.0. The first-order valence-corrected chi connectivity index (χ1v) is 6.86. The van der Waals surface area contributed by atoms with Gasteiger partial charge < -0.3 is 11.1 Å². The fourth-order valence-electron chi connectivity index (χ4n) is 1.95. The lowest BCUT2D eigenvalue weighted by Crippen LogP contribution is -2.22. The molecule has 0 bridgehead atoms.